The third-order valence-corrected chi connectivity index (χ3v) is 4.60. The van der Waals surface area contributed by atoms with Gasteiger partial charge in [0, 0.05) is 6.42 Å². The van der Waals surface area contributed by atoms with Crippen LogP contribution >= 0.6 is 0 Å². The number of carbonyl (C=O) groups is 4. The Kier molecular flexibility index (Phi) is 3.99. The summed E-state index contributed by atoms with van der Waals surface area (Å²) in [5.74, 6) is -2.05. The number of hydrogen-bond donors (Lipinski definition) is 0. The molecule has 3 saturated heterocycles. The molecule has 4 unspecified atom stereocenters. The molecule has 0 aliphatic carbocycles. The van der Waals surface area contributed by atoms with Crippen LogP contribution in [-0.2, 0) is 28.7 Å². The summed E-state index contributed by atoms with van der Waals surface area (Å²) in [7, 11) is 0. The van der Waals surface area contributed by atoms with Crippen LogP contribution in [0.1, 0.15) is 32.6 Å². The number of nitrogens with zero attached hydrogens (tertiary/aromatic N) is 1. The van der Waals surface area contributed by atoms with E-state index in [0.29, 0.717) is 12.8 Å². The lowest BCUT2D eigenvalue weighted by Crippen LogP contribution is -2.38. The first-order valence-corrected chi connectivity index (χ1v) is 7.65. The molecule has 4 atom stereocenters. The van der Waals surface area contributed by atoms with Gasteiger partial charge < -0.3 is 14.3 Å². The van der Waals surface area contributed by atoms with E-state index in [-0.39, 0.29) is 43.0 Å². The molecular weight excluding hydrogens is 290 g/mol. The number of likely N-dealkylation sites (tertiary alicyclic amines) is 1. The smallest absolute Gasteiger partial charge is 0.326 e. The van der Waals surface area contributed by atoms with Gasteiger partial charge in [-0.25, -0.2) is 0 Å². The van der Waals surface area contributed by atoms with E-state index in [9.17, 15) is 19.2 Å². The van der Waals surface area contributed by atoms with Crippen molar-refractivity contribution in [1.82, 2.24) is 4.90 Å². The van der Waals surface area contributed by atoms with Gasteiger partial charge in [-0.1, -0.05) is 0 Å². The van der Waals surface area contributed by atoms with Gasteiger partial charge in [-0.2, -0.15) is 0 Å². The molecule has 0 spiro atoms. The Hall–Kier alpha value is -1.76. The standard InChI is InChI=1S/C15H19NO6/c1-8(17)3-2-6-21-11(18)7-16-14(19)12-9-4-5-10(22-9)13(12)15(16)20/h9-10,12-13H,2-7H2,1H3. The average molecular weight is 309 g/mol. The van der Waals surface area contributed by atoms with E-state index in [4.69, 9.17) is 9.47 Å². The third-order valence-electron chi connectivity index (χ3n) is 4.60. The quantitative estimate of drug-likeness (QED) is 0.391. The molecule has 0 radical (unpaired) electrons. The Bertz CT molecular complexity index is 502. The Morgan fingerprint density at radius 1 is 1.18 bits per heavy atom. The van der Waals surface area contributed by atoms with Crippen LogP contribution in [0.2, 0.25) is 0 Å². The molecule has 2 amide bonds. The molecule has 3 aliphatic rings. The second kappa shape index (κ2) is 5.79. The normalized spacial score (nSPS) is 32.5. The molecule has 22 heavy (non-hydrogen) atoms. The van der Waals surface area contributed by atoms with Crippen LogP contribution in [-0.4, -0.2) is 53.8 Å². The van der Waals surface area contributed by atoms with Gasteiger partial charge in [0.05, 0.1) is 30.7 Å². The highest BCUT2D eigenvalue weighted by molar-refractivity contribution is 6.08. The van der Waals surface area contributed by atoms with Crippen molar-refractivity contribution in [3.63, 3.8) is 0 Å². The van der Waals surface area contributed by atoms with Gasteiger partial charge in [0.2, 0.25) is 11.8 Å². The van der Waals surface area contributed by atoms with Gasteiger partial charge in [-0.15, -0.1) is 0 Å². The average Bonchev–Trinajstić information content (AvgIpc) is 3.13. The van der Waals surface area contributed by atoms with Crippen LogP contribution in [0, 0.1) is 11.8 Å². The summed E-state index contributed by atoms with van der Waals surface area (Å²) in [5, 5.41) is 0. The van der Waals surface area contributed by atoms with Crippen LogP contribution in [0.4, 0.5) is 0 Å². The number of carbonyl (C=O) groups excluding carboxylic acids is 4. The number of fused-ring (bicyclic) bond motifs is 5. The lowest BCUT2D eigenvalue weighted by molar-refractivity contribution is -0.154. The number of rotatable bonds is 6. The van der Waals surface area contributed by atoms with Crippen molar-refractivity contribution in [1.29, 1.82) is 0 Å². The van der Waals surface area contributed by atoms with Crippen molar-refractivity contribution >= 4 is 23.6 Å². The Balaban J connectivity index is 1.53. The molecule has 3 heterocycles. The maximum atomic E-state index is 12.3. The first kappa shape index (κ1) is 15.1. The van der Waals surface area contributed by atoms with E-state index >= 15 is 0 Å². The summed E-state index contributed by atoms with van der Waals surface area (Å²) < 4.78 is 10.6. The van der Waals surface area contributed by atoms with E-state index in [0.717, 1.165) is 17.7 Å². The van der Waals surface area contributed by atoms with Crippen LogP contribution in [0.15, 0.2) is 0 Å². The zero-order valence-electron chi connectivity index (χ0n) is 12.4. The highest BCUT2D eigenvalue weighted by atomic mass is 16.5. The van der Waals surface area contributed by atoms with Gasteiger partial charge in [-0.05, 0) is 26.2 Å². The largest absolute Gasteiger partial charge is 0.464 e. The van der Waals surface area contributed by atoms with Crippen LogP contribution < -0.4 is 0 Å². The number of amides is 2. The molecule has 7 nitrogen and oxygen atoms in total. The molecule has 120 valence electrons. The zero-order chi connectivity index (χ0) is 15.9. The highest BCUT2D eigenvalue weighted by Crippen LogP contribution is 2.48. The summed E-state index contributed by atoms with van der Waals surface area (Å²) in [4.78, 5) is 48.2. The maximum absolute atomic E-state index is 12.3. The first-order chi connectivity index (χ1) is 10.5. The van der Waals surface area contributed by atoms with Crippen molar-refractivity contribution in [2.75, 3.05) is 13.2 Å². The molecule has 0 N–H and O–H groups in total. The number of imide groups is 1. The fourth-order valence-corrected chi connectivity index (χ4v) is 3.61. The van der Waals surface area contributed by atoms with E-state index in [2.05, 4.69) is 0 Å². The third kappa shape index (κ3) is 2.54. The molecule has 3 aliphatic heterocycles. The van der Waals surface area contributed by atoms with Crippen molar-refractivity contribution < 1.29 is 28.7 Å². The van der Waals surface area contributed by atoms with Gasteiger partial charge >= 0.3 is 5.97 Å². The van der Waals surface area contributed by atoms with Crippen molar-refractivity contribution in [2.45, 2.75) is 44.8 Å². The predicted octanol–water partition coefficient (Wildman–Crippen LogP) is 0.0612. The molecule has 0 aromatic rings. The Morgan fingerprint density at radius 3 is 2.32 bits per heavy atom. The first-order valence-electron chi connectivity index (χ1n) is 7.65. The Labute approximate surface area is 127 Å². The second-order valence-electron chi connectivity index (χ2n) is 6.13. The van der Waals surface area contributed by atoms with E-state index in [1.165, 1.54) is 6.92 Å². The summed E-state index contributed by atoms with van der Waals surface area (Å²) >= 11 is 0. The number of ketones is 1. The van der Waals surface area contributed by atoms with Crippen LogP contribution in [0.3, 0.4) is 0 Å². The molecule has 0 aromatic carbocycles. The monoisotopic (exact) mass is 309 g/mol. The number of hydrogen-bond acceptors (Lipinski definition) is 6. The minimum Gasteiger partial charge on any atom is -0.464 e. The molecule has 7 heteroatoms. The van der Waals surface area contributed by atoms with E-state index in [1.807, 2.05) is 0 Å². The number of esters is 1. The van der Waals surface area contributed by atoms with Gasteiger partial charge in [0.25, 0.3) is 0 Å². The maximum Gasteiger partial charge on any atom is 0.326 e. The lowest BCUT2D eigenvalue weighted by Gasteiger charge is -2.16. The van der Waals surface area contributed by atoms with Gasteiger partial charge in [0.15, 0.2) is 0 Å². The second-order valence-corrected chi connectivity index (χ2v) is 6.13. The summed E-state index contributed by atoms with van der Waals surface area (Å²) in [5.41, 5.74) is 0. The molecule has 3 fully saturated rings. The molecule has 0 saturated carbocycles. The van der Waals surface area contributed by atoms with Crippen LogP contribution in [0.5, 0.6) is 0 Å². The minimum absolute atomic E-state index is 0.0317. The van der Waals surface area contributed by atoms with Crippen LogP contribution in [0.25, 0.3) is 0 Å². The minimum atomic E-state index is -0.613. The fraction of sp³-hybridized carbons (Fsp3) is 0.733. The Morgan fingerprint density at radius 2 is 1.77 bits per heavy atom. The summed E-state index contributed by atoms with van der Waals surface area (Å²) in [6.45, 7) is 1.25. The van der Waals surface area contributed by atoms with E-state index in [1.54, 1.807) is 0 Å². The highest BCUT2D eigenvalue weighted by Gasteiger charge is 2.62. The molecule has 2 bridgehead atoms. The molecular formula is C15H19NO6. The number of ether oxygens (including phenoxy) is 2. The van der Waals surface area contributed by atoms with Crippen molar-refractivity contribution in [3.8, 4) is 0 Å². The van der Waals surface area contributed by atoms with Gasteiger partial charge in [0.1, 0.15) is 12.3 Å². The molecule has 0 aromatic heterocycles. The van der Waals surface area contributed by atoms with Crippen molar-refractivity contribution in [2.24, 2.45) is 11.8 Å². The SMILES string of the molecule is CC(=O)CCCOC(=O)CN1C(=O)C2C3CCC(O3)C2C1=O. The lowest BCUT2D eigenvalue weighted by atomic mass is 9.81. The summed E-state index contributed by atoms with van der Waals surface area (Å²) in [6.07, 6.45) is 2.04. The predicted molar refractivity (Wildman–Crippen MR) is 72.5 cm³/mol. The van der Waals surface area contributed by atoms with E-state index < -0.39 is 17.8 Å². The van der Waals surface area contributed by atoms with Gasteiger partial charge in [-0.3, -0.25) is 19.3 Å². The zero-order valence-corrected chi connectivity index (χ0v) is 12.4. The van der Waals surface area contributed by atoms with Crippen molar-refractivity contribution in [3.05, 3.63) is 0 Å². The topological polar surface area (TPSA) is 90.0 Å². The number of Topliss-reactive ketones (excluding diaryl/α,β-unsaturated/α-hetero) is 1. The summed E-state index contributed by atoms with van der Waals surface area (Å²) in [6, 6.07) is 0. The fourth-order valence-electron chi connectivity index (χ4n) is 3.61. The molecule has 3 rings (SSSR count).